The van der Waals surface area contributed by atoms with Crippen LogP contribution in [0.5, 0.6) is 0 Å². The van der Waals surface area contributed by atoms with E-state index in [0.717, 1.165) is 5.56 Å². The third-order valence-electron chi connectivity index (χ3n) is 3.51. The summed E-state index contributed by atoms with van der Waals surface area (Å²) in [6.07, 6.45) is 0. The summed E-state index contributed by atoms with van der Waals surface area (Å²) < 4.78 is 26.7. The maximum absolute atomic E-state index is 13.8. The van der Waals surface area contributed by atoms with E-state index in [1.165, 1.54) is 29.2 Å². The lowest BCUT2D eigenvalue weighted by molar-refractivity contribution is 0.203. The van der Waals surface area contributed by atoms with Crippen molar-refractivity contribution in [3.8, 4) is 0 Å². The van der Waals surface area contributed by atoms with Crippen LogP contribution in [0.4, 0.5) is 13.6 Å². The number of nitrogens with one attached hydrogen (secondary N) is 1. The van der Waals surface area contributed by atoms with Crippen LogP contribution in [0.15, 0.2) is 42.5 Å². The third-order valence-corrected chi connectivity index (χ3v) is 3.87. The van der Waals surface area contributed by atoms with Crippen LogP contribution in [-0.4, -0.2) is 18.0 Å². The number of carbonyl (C=O) groups excluding carboxylic acids is 1. The minimum absolute atomic E-state index is 0.0491. The maximum atomic E-state index is 13.8. The molecule has 0 bridgehead atoms. The molecule has 3 nitrogen and oxygen atoms in total. The highest BCUT2D eigenvalue weighted by atomic mass is 35.5. The number of nitrogens with zero attached hydrogens (tertiary/aromatic N) is 1. The van der Waals surface area contributed by atoms with Gasteiger partial charge in [0, 0.05) is 17.6 Å². The molecule has 0 spiro atoms. The Hall–Kier alpha value is -2.14. The SMILES string of the molecule is CC(NC(=O)N(C)Cc1c(F)cccc1Cl)c1ccc(F)cc1. The largest absolute Gasteiger partial charge is 0.331 e. The number of carbonyl (C=O) groups is 1. The summed E-state index contributed by atoms with van der Waals surface area (Å²) in [5.74, 6) is -0.790. The first-order valence-corrected chi connectivity index (χ1v) is 7.46. The molecule has 1 unspecified atom stereocenters. The fourth-order valence-electron chi connectivity index (χ4n) is 2.12. The topological polar surface area (TPSA) is 32.3 Å². The van der Waals surface area contributed by atoms with Crippen molar-refractivity contribution in [1.29, 1.82) is 0 Å². The number of hydrogen-bond acceptors (Lipinski definition) is 1. The molecule has 0 fully saturated rings. The first kappa shape index (κ1) is 17.2. The monoisotopic (exact) mass is 338 g/mol. The van der Waals surface area contributed by atoms with Gasteiger partial charge in [-0.2, -0.15) is 0 Å². The molecule has 0 aliphatic heterocycles. The summed E-state index contributed by atoms with van der Waals surface area (Å²) >= 11 is 5.96. The van der Waals surface area contributed by atoms with E-state index in [-0.39, 0.29) is 35.0 Å². The van der Waals surface area contributed by atoms with Crippen molar-refractivity contribution in [1.82, 2.24) is 10.2 Å². The van der Waals surface area contributed by atoms with Gasteiger partial charge < -0.3 is 10.2 Å². The number of benzene rings is 2. The van der Waals surface area contributed by atoms with Gasteiger partial charge in [0.05, 0.1) is 12.6 Å². The average Bonchev–Trinajstić information content (AvgIpc) is 2.51. The van der Waals surface area contributed by atoms with Gasteiger partial charge in [0.15, 0.2) is 0 Å². The molecule has 2 aromatic rings. The molecule has 1 atom stereocenters. The van der Waals surface area contributed by atoms with Gasteiger partial charge in [0.1, 0.15) is 11.6 Å². The van der Waals surface area contributed by atoms with Crippen molar-refractivity contribution in [2.45, 2.75) is 19.5 Å². The smallest absolute Gasteiger partial charge is 0.317 e. The predicted octanol–water partition coefficient (Wildman–Crippen LogP) is 4.52. The minimum atomic E-state index is -0.455. The molecule has 0 aromatic heterocycles. The van der Waals surface area contributed by atoms with Crippen LogP contribution in [0.2, 0.25) is 5.02 Å². The number of urea groups is 1. The van der Waals surface area contributed by atoms with Crippen molar-refractivity contribution in [3.63, 3.8) is 0 Å². The average molecular weight is 339 g/mol. The normalized spacial score (nSPS) is 11.9. The summed E-state index contributed by atoms with van der Waals surface area (Å²) in [7, 11) is 1.55. The third kappa shape index (κ3) is 4.42. The molecule has 6 heteroatoms. The summed E-state index contributed by atoms with van der Waals surface area (Å²) in [5.41, 5.74) is 1.04. The molecule has 122 valence electrons. The molecule has 0 heterocycles. The molecule has 23 heavy (non-hydrogen) atoms. The zero-order chi connectivity index (χ0) is 17.0. The quantitative estimate of drug-likeness (QED) is 0.873. The zero-order valence-electron chi connectivity index (χ0n) is 12.8. The highest BCUT2D eigenvalue weighted by Crippen LogP contribution is 2.20. The Balaban J connectivity index is 2.01. The Morgan fingerprint density at radius 2 is 1.87 bits per heavy atom. The van der Waals surface area contributed by atoms with Gasteiger partial charge in [0.2, 0.25) is 0 Å². The van der Waals surface area contributed by atoms with E-state index in [4.69, 9.17) is 11.6 Å². The molecule has 2 aromatic carbocycles. The van der Waals surface area contributed by atoms with Crippen molar-refractivity contribution < 1.29 is 13.6 Å². The fourth-order valence-corrected chi connectivity index (χ4v) is 2.35. The first-order chi connectivity index (χ1) is 10.9. The Labute approximate surface area is 138 Å². The van der Waals surface area contributed by atoms with Crippen molar-refractivity contribution in [2.75, 3.05) is 7.05 Å². The maximum Gasteiger partial charge on any atom is 0.317 e. The summed E-state index contributed by atoms with van der Waals surface area (Å²) in [6, 6.07) is 9.59. The molecule has 0 aliphatic carbocycles. The van der Waals surface area contributed by atoms with E-state index < -0.39 is 5.82 Å². The second-order valence-corrected chi connectivity index (χ2v) is 5.69. The summed E-state index contributed by atoms with van der Waals surface area (Å²) in [6.45, 7) is 1.84. The Morgan fingerprint density at radius 3 is 2.48 bits per heavy atom. The van der Waals surface area contributed by atoms with Crippen LogP contribution in [0.3, 0.4) is 0 Å². The number of hydrogen-bond donors (Lipinski definition) is 1. The Morgan fingerprint density at radius 1 is 1.22 bits per heavy atom. The molecule has 0 aliphatic rings. The minimum Gasteiger partial charge on any atom is -0.331 e. The molecular formula is C17H17ClF2N2O. The lowest BCUT2D eigenvalue weighted by Gasteiger charge is -2.22. The van der Waals surface area contributed by atoms with Gasteiger partial charge in [-0.15, -0.1) is 0 Å². The van der Waals surface area contributed by atoms with Crippen LogP contribution >= 0.6 is 11.6 Å². The fraction of sp³-hybridized carbons (Fsp3) is 0.235. The summed E-state index contributed by atoms with van der Waals surface area (Å²) in [5, 5.41) is 3.05. The molecule has 2 rings (SSSR count). The summed E-state index contributed by atoms with van der Waals surface area (Å²) in [4.78, 5) is 13.5. The van der Waals surface area contributed by atoms with Crippen LogP contribution in [0.1, 0.15) is 24.1 Å². The van der Waals surface area contributed by atoms with Crippen LogP contribution in [0, 0.1) is 11.6 Å². The highest BCUT2D eigenvalue weighted by molar-refractivity contribution is 6.31. The standard InChI is InChI=1S/C17H17ClF2N2O/c1-11(12-6-8-13(19)9-7-12)21-17(23)22(2)10-14-15(18)4-3-5-16(14)20/h3-9,11H,10H2,1-2H3,(H,21,23). The van der Waals surface area contributed by atoms with E-state index in [9.17, 15) is 13.6 Å². The highest BCUT2D eigenvalue weighted by Gasteiger charge is 2.16. The van der Waals surface area contributed by atoms with Crippen molar-refractivity contribution in [2.24, 2.45) is 0 Å². The molecule has 1 N–H and O–H groups in total. The number of halogens is 3. The Bertz CT molecular complexity index is 671. The van der Waals surface area contributed by atoms with Crippen molar-refractivity contribution in [3.05, 3.63) is 70.2 Å². The van der Waals surface area contributed by atoms with Gasteiger partial charge in [-0.3, -0.25) is 0 Å². The van der Waals surface area contributed by atoms with Crippen LogP contribution in [-0.2, 0) is 6.54 Å². The van der Waals surface area contributed by atoms with Gasteiger partial charge in [-0.1, -0.05) is 29.8 Å². The van der Waals surface area contributed by atoms with E-state index >= 15 is 0 Å². The first-order valence-electron chi connectivity index (χ1n) is 7.08. The second kappa shape index (κ2) is 7.42. The lowest BCUT2D eigenvalue weighted by Crippen LogP contribution is -2.38. The van der Waals surface area contributed by atoms with Crippen molar-refractivity contribution >= 4 is 17.6 Å². The van der Waals surface area contributed by atoms with E-state index in [0.29, 0.717) is 0 Å². The molecule has 0 radical (unpaired) electrons. The van der Waals surface area contributed by atoms with E-state index in [1.807, 2.05) is 0 Å². The molecule has 0 saturated heterocycles. The Kier molecular flexibility index (Phi) is 5.55. The number of rotatable bonds is 4. The van der Waals surface area contributed by atoms with Crippen LogP contribution < -0.4 is 5.32 Å². The van der Waals surface area contributed by atoms with Gasteiger partial charge in [-0.25, -0.2) is 13.6 Å². The van der Waals surface area contributed by atoms with E-state index in [1.54, 1.807) is 32.2 Å². The second-order valence-electron chi connectivity index (χ2n) is 5.28. The lowest BCUT2D eigenvalue weighted by atomic mass is 10.1. The van der Waals surface area contributed by atoms with E-state index in [2.05, 4.69) is 5.32 Å². The predicted molar refractivity (Wildman–Crippen MR) is 86.2 cm³/mol. The molecule has 0 saturated carbocycles. The molecule has 2 amide bonds. The van der Waals surface area contributed by atoms with Gasteiger partial charge in [-0.05, 0) is 36.8 Å². The van der Waals surface area contributed by atoms with Crippen LogP contribution in [0.25, 0.3) is 0 Å². The molecular weight excluding hydrogens is 322 g/mol. The zero-order valence-corrected chi connectivity index (χ0v) is 13.6. The van der Waals surface area contributed by atoms with Gasteiger partial charge in [0.25, 0.3) is 0 Å². The van der Waals surface area contributed by atoms with Gasteiger partial charge >= 0.3 is 6.03 Å². The number of amides is 2.